The van der Waals surface area contributed by atoms with Crippen LogP contribution < -0.4 is 0 Å². The number of carbonyl (C=O) groups excluding carboxylic acids is 1. The van der Waals surface area contributed by atoms with Gasteiger partial charge in [0, 0.05) is 11.3 Å². The standard InChI is InChI=1S/C10H9NO2S/c12-5-7-6-14-10(11-7)8-3-1-2-4-9(8)13/h1-5,7,13H,6H2. The number of phenols is 1. The first-order valence-corrected chi connectivity index (χ1v) is 5.24. The third-order valence-electron chi connectivity index (χ3n) is 1.97. The molecule has 0 aromatic heterocycles. The number of benzene rings is 1. The van der Waals surface area contributed by atoms with Gasteiger partial charge in [-0.15, -0.1) is 11.8 Å². The second kappa shape index (κ2) is 3.84. The fourth-order valence-electron chi connectivity index (χ4n) is 1.26. The number of phenolic OH excluding ortho intramolecular Hbond substituents is 1. The Kier molecular flexibility index (Phi) is 2.54. The second-order valence-corrected chi connectivity index (χ2v) is 3.97. The van der Waals surface area contributed by atoms with E-state index in [9.17, 15) is 9.90 Å². The van der Waals surface area contributed by atoms with E-state index in [0.717, 1.165) is 11.3 Å². The molecule has 2 rings (SSSR count). The predicted molar refractivity (Wildman–Crippen MR) is 57.0 cm³/mol. The minimum atomic E-state index is -0.255. The number of hydrogen-bond acceptors (Lipinski definition) is 4. The van der Waals surface area contributed by atoms with Crippen LogP contribution in [0.2, 0.25) is 0 Å². The van der Waals surface area contributed by atoms with E-state index in [0.29, 0.717) is 11.3 Å². The molecule has 3 nitrogen and oxygen atoms in total. The molecule has 0 bridgehead atoms. The smallest absolute Gasteiger partial charge is 0.145 e. The molecule has 14 heavy (non-hydrogen) atoms. The van der Waals surface area contributed by atoms with Gasteiger partial charge in [0.05, 0.1) is 0 Å². The number of rotatable bonds is 2. The molecule has 1 aromatic rings. The molecule has 0 amide bonds. The van der Waals surface area contributed by atoms with Gasteiger partial charge in [-0.3, -0.25) is 4.99 Å². The van der Waals surface area contributed by atoms with Crippen LogP contribution in [0.15, 0.2) is 29.3 Å². The highest BCUT2D eigenvalue weighted by Crippen LogP contribution is 2.27. The Hall–Kier alpha value is -1.29. The number of hydrogen-bond donors (Lipinski definition) is 1. The fraction of sp³-hybridized carbons (Fsp3) is 0.200. The van der Waals surface area contributed by atoms with Gasteiger partial charge in [-0.05, 0) is 12.1 Å². The number of aliphatic imine (C=N–C) groups is 1. The lowest BCUT2D eigenvalue weighted by molar-refractivity contribution is -0.108. The van der Waals surface area contributed by atoms with Gasteiger partial charge < -0.3 is 9.90 Å². The van der Waals surface area contributed by atoms with Gasteiger partial charge in [0.25, 0.3) is 0 Å². The van der Waals surface area contributed by atoms with E-state index in [2.05, 4.69) is 4.99 Å². The first-order chi connectivity index (χ1) is 6.81. The van der Waals surface area contributed by atoms with Crippen LogP contribution in [0.5, 0.6) is 5.75 Å². The molecule has 1 unspecified atom stereocenters. The molecule has 0 fully saturated rings. The summed E-state index contributed by atoms with van der Waals surface area (Å²) >= 11 is 1.50. The van der Waals surface area contributed by atoms with Crippen molar-refractivity contribution in [3.63, 3.8) is 0 Å². The molecule has 0 saturated carbocycles. The highest BCUT2D eigenvalue weighted by molar-refractivity contribution is 8.14. The van der Waals surface area contributed by atoms with E-state index in [1.807, 2.05) is 6.07 Å². The highest BCUT2D eigenvalue weighted by Gasteiger charge is 2.20. The molecule has 1 atom stereocenters. The third kappa shape index (κ3) is 1.65. The Balaban J connectivity index is 2.33. The zero-order chi connectivity index (χ0) is 9.97. The van der Waals surface area contributed by atoms with Crippen LogP contribution in [0, 0.1) is 0 Å². The monoisotopic (exact) mass is 207 g/mol. The number of aromatic hydroxyl groups is 1. The van der Waals surface area contributed by atoms with Crippen molar-refractivity contribution in [2.24, 2.45) is 4.99 Å². The van der Waals surface area contributed by atoms with E-state index in [1.165, 1.54) is 11.8 Å². The SMILES string of the molecule is O=CC1CSC(c2ccccc2O)=N1. The zero-order valence-electron chi connectivity index (χ0n) is 7.38. The number of para-hydroxylation sites is 1. The van der Waals surface area contributed by atoms with Gasteiger partial charge in [0.1, 0.15) is 23.1 Å². The van der Waals surface area contributed by atoms with Gasteiger partial charge >= 0.3 is 0 Å². The molecule has 1 aliphatic rings. The van der Waals surface area contributed by atoms with E-state index < -0.39 is 0 Å². The third-order valence-corrected chi connectivity index (χ3v) is 3.07. The summed E-state index contributed by atoms with van der Waals surface area (Å²) in [5.41, 5.74) is 0.710. The molecule has 4 heteroatoms. The van der Waals surface area contributed by atoms with E-state index in [1.54, 1.807) is 18.2 Å². The van der Waals surface area contributed by atoms with Gasteiger partial charge in [0.2, 0.25) is 0 Å². The Morgan fingerprint density at radius 2 is 2.29 bits per heavy atom. The van der Waals surface area contributed by atoms with Gasteiger partial charge in [-0.1, -0.05) is 12.1 Å². The van der Waals surface area contributed by atoms with Crippen molar-refractivity contribution < 1.29 is 9.90 Å². The molecule has 72 valence electrons. The molecule has 0 spiro atoms. The lowest BCUT2D eigenvalue weighted by Gasteiger charge is -2.01. The average molecular weight is 207 g/mol. The van der Waals surface area contributed by atoms with Gasteiger partial charge in [-0.25, -0.2) is 0 Å². The molecule has 0 aliphatic carbocycles. The van der Waals surface area contributed by atoms with E-state index >= 15 is 0 Å². The molecule has 0 saturated heterocycles. The van der Waals surface area contributed by atoms with Crippen molar-refractivity contribution in [2.45, 2.75) is 6.04 Å². The van der Waals surface area contributed by atoms with Crippen molar-refractivity contribution in [3.8, 4) is 5.75 Å². The van der Waals surface area contributed by atoms with Crippen LogP contribution in [0.25, 0.3) is 0 Å². The maximum absolute atomic E-state index is 10.5. The zero-order valence-corrected chi connectivity index (χ0v) is 8.20. The van der Waals surface area contributed by atoms with Crippen LogP contribution in [-0.4, -0.2) is 28.2 Å². The van der Waals surface area contributed by atoms with Gasteiger partial charge in [0.15, 0.2) is 0 Å². The Morgan fingerprint density at radius 1 is 1.50 bits per heavy atom. The quantitative estimate of drug-likeness (QED) is 0.747. The Morgan fingerprint density at radius 3 is 2.93 bits per heavy atom. The van der Waals surface area contributed by atoms with Crippen molar-refractivity contribution in [3.05, 3.63) is 29.8 Å². The van der Waals surface area contributed by atoms with Crippen LogP contribution in [0.4, 0.5) is 0 Å². The minimum absolute atomic E-state index is 0.213. The molecular weight excluding hydrogens is 198 g/mol. The summed E-state index contributed by atoms with van der Waals surface area (Å²) in [5, 5.41) is 10.3. The van der Waals surface area contributed by atoms with Gasteiger partial charge in [-0.2, -0.15) is 0 Å². The fourth-order valence-corrected chi connectivity index (χ4v) is 2.28. The normalized spacial score (nSPS) is 20.6. The van der Waals surface area contributed by atoms with Crippen LogP contribution in [0.1, 0.15) is 5.56 Å². The second-order valence-electron chi connectivity index (χ2n) is 2.97. The maximum Gasteiger partial charge on any atom is 0.145 e. The summed E-state index contributed by atoms with van der Waals surface area (Å²) in [4.78, 5) is 14.7. The number of thioether (sulfide) groups is 1. The summed E-state index contributed by atoms with van der Waals surface area (Å²) in [6.07, 6.45) is 0.833. The lowest BCUT2D eigenvalue weighted by Crippen LogP contribution is -2.03. The van der Waals surface area contributed by atoms with Crippen LogP contribution in [-0.2, 0) is 4.79 Å². The predicted octanol–water partition coefficient (Wildman–Crippen LogP) is 1.45. The Labute approximate surface area is 85.9 Å². The summed E-state index contributed by atoms with van der Waals surface area (Å²) in [6, 6.07) is 6.76. The highest BCUT2D eigenvalue weighted by atomic mass is 32.2. The number of aldehydes is 1. The molecular formula is C10H9NO2S. The van der Waals surface area contributed by atoms with Crippen LogP contribution >= 0.6 is 11.8 Å². The average Bonchev–Trinajstić information content (AvgIpc) is 2.67. The minimum Gasteiger partial charge on any atom is -0.507 e. The van der Waals surface area contributed by atoms with Crippen molar-refractivity contribution >= 4 is 23.1 Å². The van der Waals surface area contributed by atoms with Crippen molar-refractivity contribution in [1.82, 2.24) is 0 Å². The first kappa shape index (κ1) is 9.27. The van der Waals surface area contributed by atoms with E-state index in [4.69, 9.17) is 0 Å². The summed E-state index contributed by atoms with van der Waals surface area (Å²) in [6.45, 7) is 0. The first-order valence-electron chi connectivity index (χ1n) is 4.25. The van der Waals surface area contributed by atoms with Crippen molar-refractivity contribution in [1.29, 1.82) is 0 Å². The summed E-state index contributed by atoms with van der Waals surface area (Å²) in [5.74, 6) is 0.887. The van der Waals surface area contributed by atoms with Crippen LogP contribution in [0.3, 0.4) is 0 Å². The van der Waals surface area contributed by atoms with Crippen molar-refractivity contribution in [2.75, 3.05) is 5.75 Å². The number of carbonyl (C=O) groups is 1. The lowest BCUT2D eigenvalue weighted by atomic mass is 10.2. The molecule has 1 N–H and O–H groups in total. The Bertz CT molecular complexity index is 389. The molecule has 1 aliphatic heterocycles. The maximum atomic E-state index is 10.5. The number of nitrogens with zero attached hydrogens (tertiary/aromatic N) is 1. The molecule has 1 aromatic carbocycles. The summed E-state index contributed by atoms with van der Waals surface area (Å²) in [7, 11) is 0. The van der Waals surface area contributed by atoms with E-state index in [-0.39, 0.29) is 11.8 Å². The topological polar surface area (TPSA) is 49.7 Å². The summed E-state index contributed by atoms with van der Waals surface area (Å²) < 4.78 is 0. The molecule has 0 radical (unpaired) electrons. The molecule has 1 heterocycles. The largest absolute Gasteiger partial charge is 0.507 e.